The van der Waals surface area contributed by atoms with E-state index in [9.17, 15) is 0 Å². The van der Waals surface area contributed by atoms with Crippen LogP contribution < -0.4 is 11.1 Å². The van der Waals surface area contributed by atoms with Gasteiger partial charge in [0.2, 0.25) is 0 Å². The molecule has 0 spiro atoms. The highest BCUT2D eigenvalue weighted by Crippen LogP contribution is 2.15. The number of hydrogen-bond acceptors (Lipinski definition) is 4. The summed E-state index contributed by atoms with van der Waals surface area (Å²) in [7, 11) is 0. The molecule has 1 saturated heterocycles. The molecule has 1 aliphatic heterocycles. The van der Waals surface area contributed by atoms with Crippen LogP contribution in [0.4, 0.5) is 0 Å². The van der Waals surface area contributed by atoms with Gasteiger partial charge in [0, 0.05) is 34.8 Å². The summed E-state index contributed by atoms with van der Waals surface area (Å²) in [6.07, 6.45) is 0. The summed E-state index contributed by atoms with van der Waals surface area (Å²) in [6, 6.07) is 4.55. The van der Waals surface area contributed by atoms with Crippen molar-refractivity contribution in [1.82, 2.24) is 5.32 Å². The van der Waals surface area contributed by atoms with Crippen molar-refractivity contribution >= 4 is 11.3 Å². The van der Waals surface area contributed by atoms with Crippen LogP contribution in [0.5, 0.6) is 0 Å². The van der Waals surface area contributed by atoms with Crippen molar-refractivity contribution in [3.8, 4) is 0 Å². The first-order valence-corrected chi connectivity index (χ1v) is 6.16. The van der Waals surface area contributed by atoms with E-state index in [0.717, 1.165) is 19.7 Å². The molecule has 2 unspecified atom stereocenters. The van der Waals surface area contributed by atoms with Gasteiger partial charge in [0.1, 0.15) is 0 Å². The van der Waals surface area contributed by atoms with E-state index in [1.54, 1.807) is 0 Å². The highest BCUT2D eigenvalue weighted by molar-refractivity contribution is 7.11. The molecule has 1 aromatic rings. The number of nitrogens with two attached hydrogens (primary N) is 1. The standard InChI is InChI=1S/C11H18N2OS/c1-8-2-3-10(15-8)5-13-4-9-6-14-7-11(9)12/h2-3,9,11,13H,4-7,12H2,1H3. The van der Waals surface area contributed by atoms with E-state index >= 15 is 0 Å². The van der Waals surface area contributed by atoms with E-state index in [1.165, 1.54) is 9.75 Å². The summed E-state index contributed by atoms with van der Waals surface area (Å²) >= 11 is 1.85. The minimum Gasteiger partial charge on any atom is -0.379 e. The van der Waals surface area contributed by atoms with Crippen molar-refractivity contribution in [2.45, 2.75) is 19.5 Å². The lowest BCUT2D eigenvalue weighted by Crippen LogP contribution is -2.35. The average molecular weight is 226 g/mol. The van der Waals surface area contributed by atoms with Gasteiger partial charge in [-0.1, -0.05) is 0 Å². The predicted molar refractivity (Wildman–Crippen MR) is 63.0 cm³/mol. The second-order valence-corrected chi connectivity index (χ2v) is 5.48. The van der Waals surface area contributed by atoms with Gasteiger partial charge in [-0.05, 0) is 19.1 Å². The zero-order chi connectivity index (χ0) is 10.7. The van der Waals surface area contributed by atoms with E-state index in [-0.39, 0.29) is 6.04 Å². The van der Waals surface area contributed by atoms with Crippen molar-refractivity contribution in [2.75, 3.05) is 19.8 Å². The molecule has 0 aliphatic carbocycles. The van der Waals surface area contributed by atoms with Crippen LogP contribution in [-0.2, 0) is 11.3 Å². The molecule has 84 valence electrons. The number of ether oxygens (including phenoxy) is 1. The molecule has 1 fully saturated rings. The Morgan fingerprint density at radius 2 is 2.40 bits per heavy atom. The molecule has 0 bridgehead atoms. The van der Waals surface area contributed by atoms with Crippen LogP contribution in [0.3, 0.4) is 0 Å². The second-order valence-electron chi connectivity index (χ2n) is 4.10. The van der Waals surface area contributed by atoms with Gasteiger partial charge < -0.3 is 15.8 Å². The third-order valence-corrected chi connectivity index (χ3v) is 3.75. The molecule has 3 N–H and O–H groups in total. The zero-order valence-corrected chi connectivity index (χ0v) is 9.85. The lowest BCUT2D eigenvalue weighted by atomic mass is 10.1. The van der Waals surface area contributed by atoms with Crippen LogP contribution in [0.25, 0.3) is 0 Å². The van der Waals surface area contributed by atoms with Crippen molar-refractivity contribution in [3.63, 3.8) is 0 Å². The van der Waals surface area contributed by atoms with E-state index in [2.05, 4.69) is 24.4 Å². The summed E-state index contributed by atoms with van der Waals surface area (Å²) < 4.78 is 5.31. The van der Waals surface area contributed by atoms with Crippen molar-refractivity contribution in [2.24, 2.45) is 11.7 Å². The Morgan fingerprint density at radius 1 is 1.53 bits per heavy atom. The lowest BCUT2D eigenvalue weighted by molar-refractivity contribution is 0.184. The van der Waals surface area contributed by atoms with Crippen molar-refractivity contribution in [3.05, 3.63) is 21.9 Å². The van der Waals surface area contributed by atoms with Gasteiger partial charge in [-0.2, -0.15) is 0 Å². The van der Waals surface area contributed by atoms with Crippen molar-refractivity contribution < 1.29 is 4.74 Å². The van der Waals surface area contributed by atoms with Crippen LogP contribution >= 0.6 is 11.3 Å². The Labute approximate surface area is 94.6 Å². The first-order chi connectivity index (χ1) is 7.25. The number of thiophene rings is 1. The highest BCUT2D eigenvalue weighted by atomic mass is 32.1. The molecule has 0 aromatic carbocycles. The fraction of sp³-hybridized carbons (Fsp3) is 0.636. The SMILES string of the molecule is Cc1ccc(CNCC2COCC2N)s1. The molecular weight excluding hydrogens is 208 g/mol. The van der Waals surface area contributed by atoms with Gasteiger partial charge in [-0.3, -0.25) is 0 Å². The summed E-state index contributed by atoms with van der Waals surface area (Å²) in [5, 5.41) is 3.44. The third kappa shape index (κ3) is 3.01. The van der Waals surface area contributed by atoms with E-state index in [4.69, 9.17) is 10.5 Å². The minimum absolute atomic E-state index is 0.211. The maximum Gasteiger partial charge on any atom is 0.0621 e. The van der Waals surface area contributed by atoms with Gasteiger partial charge in [0.25, 0.3) is 0 Å². The molecular formula is C11H18N2OS. The fourth-order valence-electron chi connectivity index (χ4n) is 1.79. The number of rotatable bonds is 4. The van der Waals surface area contributed by atoms with Gasteiger partial charge in [0.15, 0.2) is 0 Å². The maximum absolute atomic E-state index is 5.90. The maximum atomic E-state index is 5.90. The lowest BCUT2D eigenvalue weighted by Gasteiger charge is -2.13. The predicted octanol–water partition coefficient (Wildman–Crippen LogP) is 1.12. The third-order valence-electron chi connectivity index (χ3n) is 2.75. The number of nitrogens with one attached hydrogen (secondary N) is 1. The topological polar surface area (TPSA) is 47.3 Å². The smallest absolute Gasteiger partial charge is 0.0621 e. The second kappa shape index (κ2) is 5.07. The molecule has 4 heteroatoms. The van der Waals surface area contributed by atoms with Crippen LogP contribution in [0.2, 0.25) is 0 Å². The van der Waals surface area contributed by atoms with Crippen LogP contribution in [0.15, 0.2) is 12.1 Å². The minimum atomic E-state index is 0.211. The Hall–Kier alpha value is -0.420. The summed E-state index contributed by atoms with van der Waals surface area (Å²) in [4.78, 5) is 2.76. The number of aryl methyl sites for hydroxylation is 1. The molecule has 15 heavy (non-hydrogen) atoms. The van der Waals surface area contributed by atoms with Gasteiger partial charge in [-0.25, -0.2) is 0 Å². The first-order valence-electron chi connectivity index (χ1n) is 5.35. The number of hydrogen-bond donors (Lipinski definition) is 2. The first kappa shape index (κ1) is 11.1. The molecule has 3 nitrogen and oxygen atoms in total. The van der Waals surface area contributed by atoms with Gasteiger partial charge in [0.05, 0.1) is 13.2 Å². The molecule has 2 rings (SSSR count). The van der Waals surface area contributed by atoms with Crippen LogP contribution in [0.1, 0.15) is 9.75 Å². The molecule has 1 aromatic heterocycles. The zero-order valence-electron chi connectivity index (χ0n) is 9.03. The molecule has 2 atom stereocenters. The van der Waals surface area contributed by atoms with E-state index in [1.807, 2.05) is 11.3 Å². The fourth-order valence-corrected chi connectivity index (χ4v) is 2.65. The molecule has 2 heterocycles. The molecule has 0 saturated carbocycles. The highest BCUT2D eigenvalue weighted by Gasteiger charge is 2.23. The average Bonchev–Trinajstić information content (AvgIpc) is 2.77. The summed E-state index contributed by atoms with van der Waals surface area (Å²) in [5.41, 5.74) is 5.90. The van der Waals surface area contributed by atoms with Crippen LogP contribution in [0, 0.1) is 12.8 Å². The Balaban J connectivity index is 1.70. The Kier molecular flexibility index (Phi) is 3.75. The largest absolute Gasteiger partial charge is 0.379 e. The van der Waals surface area contributed by atoms with Gasteiger partial charge in [-0.15, -0.1) is 11.3 Å². The quantitative estimate of drug-likeness (QED) is 0.809. The molecule has 0 radical (unpaired) electrons. The Bertz CT molecular complexity index is 313. The normalized spacial score (nSPS) is 26.0. The molecule has 0 amide bonds. The van der Waals surface area contributed by atoms with Gasteiger partial charge >= 0.3 is 0 Å². The summed E-state index contributed by atoms with van der Waals surface area (Å²) in [6.45, 7) is 5.55. The molecule has 1 aliphatic rings. The van der Waals surface area contributed by atoms with E-state index < -0.39 is 0 Å². The Morgan fingerprint density at radius 3 is 3.00 bits per heavy atom. The monoisotopic (exact) mass is 226 g/mol. The van der Waals surface area contributed by atoms with E-state index in [0.29, 0.717) is 12.5 Å². The van der Waals surface area contributed by atoms with Crippen molar-refractivity contribution in [1.29, 1.82) is 0 Å². The summed E-state index contributed by atoms with van der Waals surface area (Å²) in [5.74, 6) is 0.478. The van der Waals surface area contributed by atoms with Crippen LogP contribution in [-0.4, -0.2) is 25.8 Å².